The van der Waals surface area contributed by atoms with Gasteiger partial charge in [0.25, 0.3) is 0 Å². The zero-order valence-electron chi connectivity index (χ0n) is 12.5. The number of nitrogens with zero attached hydrogens (tertiary/aromatic N) is 1. The smallest absolute Gasteiger partial charge is 0.400 e. The molecule has 0 amide bonds. The first-order chi connectivity index (χ1) is 9.66. The molecule has 0 saturated carbocycles. The van der Waals surface area contributed by atoms with Crippen LogP contribution in [0.15, 0.2) is 17.7 Å². The number of halogens is 2. The number of aliphatic hydroxyl groups excluding tert-OH is 1. The van der Waals surface area contributed by atoms with Crippen LogP contribution < -0.4 is 0 Å². The Hall–Kier alpha value is -0.945. The summed E-state index contributed by atoms with van der Waals surface area (Å²) in [6.07, 6.45) is 2.77. The summed E-state index contributed by atoms with van der Waals surface area (Å²) in [6, 6.07) is 1.17. The molecule has 4 nitrogen and oxygen atoms in total. The van der Waals surface area contributed by atoms with Crippen molar-refractivity contribution >= 4 is 24.8 Å². The van der Waals surface area contributed by atoms with E-state index in [2.05, 4.69) is 4.98 Å². The first-order valence-corrected chi connectivity index (χ1v) is 7.02. The van der Waals surface area contributed by atoms with E-state index in [1.165, 1.54) is 18.3 Å². The highest BCUT2D eigenvalue weighted by molar-refractivity contribution is 6.55. The van der Waals surface area contributed by atoms with Gasteiger partial charge in [-0.1, -0.05) is 11.6 Å². The Labute approximate surface area is 129 Å². The number of hydrogen-bond donors (Lipinski definition) is 1. The molecular formula is C14H18BClFNO3. The Morgan fingerprint density at radius 3 is 2.43 bits per heavy atom. The molecule has 2 heterocycles. The van der Waals surface area contributed by atoms with Crippen molar-refractivity contribution in [3.63, 3.8) is 0 Å². The number of aliphatic hydroxyl groups is 1. The van der Waals surface area contributed by atoms with Gasteiger partial charge in [0.15, 0.2) is 0 Å². The van der Waals surface area contributed by atoms with Crippen LogP contribution in [0.2, 0.25) is 5.02 Å². The summed E-state index contributed by atoms with van der Waals surface area (Å²) in [4.78, 5) is 3.90. The zero-order chi connectivity index (χ0) is 15.8. The third-order valence-electron chi connectivity index (χ3n) is 3.90. The molecule has 0 bridgehead atoms. The number of rotatable bonds is 3. The Kier molecular flexibility index (Phi) is 4.45. The minimum absolute atomic E-state index is 0.0816. The molecule has 0 aromatic carbocycles. The van der Waals surface area contributed by atoms with Crippen LogP contribution in [0, 0.1) is 5.82 Å². The van der Waals surface area contributed by atoms with E-state index < -0.39 is 24.1 Å². The summed E-state index contributed by atoms with van der Waals surface area (Å²) in [7, 11) is -0.739. The summed E-state index contributed by atoms with van der Waals surface area (Å²) in [6.45, 7) is 7.30. The van der Waals surface area contributed by atoms with Crippen molar-refractivity contribution < 1.29 is 18.8 Å². The third-order valence-corrected chi connectivity index (χ3v) is 4.10. The maximum Gasteiger partial charge on any atom is 0.492 e. The highest BCUT2D eigenvalue weighted by Crippen LogP contribution is 2.38. The summed E-state index contributed by atoms with van der Waals surface area (Å²) in [5.74, 6) is -0.565. The number of aromatic nitrogens is 1. The molecule has 2 rings (SSSR count). The molecule has 1 fully saturated rings. The lowest BCUT2D eigenvalue weighted by molar-refractivity contribution is 0.00578. The van der Waals surface area contributed by atoms with E-state index in [4.69, 9.17) is 20.9 Å². The molecule has 1 aliphatic rings. The minimum Gasteiger partial charge on any atom is -0.400 e. The molecule has 1 aromatic rings. The molecular weight excluding hydrogens is 295 g/mol. The van der Waals surface area contributed by atoms with Gasteiger partial charge < -0.3 is 14.4 Å². The SMILES string of the molecule is CC1(C)OB(C(=Cc2ncc(Cl)cc2F)CO)OC1(C)C. The standard InChI is InChI=1S/C14H18BClFNO3/c1-13(2)14(3,4)21-15(20-13)9(8-19)5-12-11(17)6-10(16)7-18-12/h5-7,19H,8H2,1-4H3. The second-order valence-electron chi connectivity index (χ2n) is 5.99. The van der Waals surface area contributed by atoms with E-state index in [1.807, 2.05) is 27.7 Å². The van der Waals surface area contributed by atoms with Crippen molar-refractivity contribution in [3.05, 3.63) is 34.3 Å². The van der Waals surface area contributed by atoms with Gasteiger partial charge in [-0.05, 0) is 45.3 Å². The van der Waals surface area contributed by atoms with Crippen molar-refractivity contribution in [3.8, 4) is 0 Å². The lowest BCUT2D eigenvalue weighted by Gasteiger charge is -2.32. The molecule has 0 radical (unpaired) electrons. The quantitative estimate of drug-likeness (QED) is 0.872. The molecule has 21 heavy (non-hydrogen) atoms. The Morgan fingerprint density at radius 2 is 1.95 bits per heavy atom. The fourth-order valence-electron chi connectivity index (χ4n) is 1.89. The average molecular weight is 314 g/mol. The minimum atomic E-state index is -0.739. The van der Waals surface area contributed by atoms with Crippen LogP contribution in [-0.4, -0.2) is 35.0 Å². The van der Waals surface area contributed by atoms with Crippen LogP contribution in [0.3, 0.4) is 0 Å². The van der Waals surface area contributed by atoms with Crippen LogP contribution in [-0.2, 0) is 9.31 Å². The molecule has 1 N–H and O–H groups in total. The number of pyridine rings is 1. The van der Waals surface area contributed by atoms with E-state index >= 15 is 0 Å². The lowest BCUT2D eigenvalue weighted by atomic mass is 9.78. The Bertz CT molecular complexity index is 561. The van der Waals surface area contributed by atoms with Crippen molar-refractivity contribution in [1.82, 2.24) is 4.98 Å². The highest BCUT2D eigenvalue weighted by atomic mass is 35.5. The zero-order valence-corrected chi connectivity index (χ0v) is 13.2. The van der Waals surface area contributed by atoms with Crippen molar-refractivity contribution in [1.29, 1.82) is 0 Å². The summed E-state index contributed by atoms with van der Waals surface area (Å²) in [5.41, 5.74) is -0.573. The molecule has 0 aliphatic carbocycles. The van der Waals surface area contributed by atoms with Gasteiger partial charge in [0.05, 0.1) is 28.5 Å². The van der Waals surface area contributed by atoms with Crippen molar-refractivity contribution in [2.45, 2.75) is 38.9 Å². The molecule has 1 aromatic heterocycles. The fraction of sp³-hybridized carbons (Fsp3) is 0.500. The van der Waals surface area contributed by atoms with Gasteiger partial charge >= 0.3 is 7.12 Å². The Balaban J connectivity index is 2.31. The molecule has 0 spiro atoms. The van der Waals surface area contributed by atoms with E-state index in [9.17, 15) is 9.50 Å². The van der Waals surface area contributed by atoms with Gasteiger partial charge in [-0.2, -0.15) is 0 Å². The first-order valence-electron chi connectivity index (χ1n) is 6.64. The maximum atomic E-state index is 13.8. The van der Waals surface area contributed by atoms with Crippen molar-refractivity contribution in [2.75, 3.05) is 6.61 Å². The van der Waals surface area contributed by atoms with Crippen LogP contribution in [0.4, 0.5) is 4.39 Å². The van der Waals surface area contributed by atoms with E-state index in [0.717, 1.165) is 0 Å². The Morgan fingerprint density at radius 1 is 1.38 bits per heavy atom. The van der Waals surface area contributed by atoms with E-state index in [-0.39, 0.29) is 17.3 Å². The van der Waals surface area contributed by atoms with Gasteiger partial charge in [0.2, 0.25) is 0 Å². The maximum absolute atomic E-state index is 13.8. The van der Waals surface area contributed by atoms with E-state index in [0.29, 0.717) is 5.47 Å². The summed E-state index contributed by atoms with van der Waals surface area (Å²) in [5, 5.41) is 9.74. The second-order valence-corrected chi connectivity index (χ2v) is 6.42. The predicted molar refractivity (Wildman–Crippen MR) is 80.3 cm³/mol. The van der Waals surface area contributed by atoms with Crippen LogP contribution in [0.1, 0.15) is 33.4 Å². The normalized spacial score (nSPS) is 20.9. The predicted octanol–water partition coefficient (Wildman–Crippen LogP) is 2.88. The number of hydrogen-bond acceptors (Lipinski definition) is 4. The van der Waals surface area contributed by atoms with Crippen LogP contribution in [0.25, 0.3) is 6.08 Å². The third kappa shape index (κ3) is 3.29. The molecule has 0 unspecified atom stereocenters. The van der Waals surface area contributed by atoms with E-state index in [1.54, 1.807) is 0 Å². The molecule has 1 aliphatic heterocycles. The van der Waals surface area contributed by atoms with Crippen LogP contribution >= 0.6 is 11.6 Å². The first kappa shape index (κ1) is 16.4. The molecule has 7 heteroatoms. The monoisotopic (exact) mass is 313 g/mol. The van der Waals surface area contributed by atoms with Crippen molar-refractivity contribution in [2.24, 2.45) is 0 Å². The lowest BCUT2D eigenvalue weighted by Crippen LogP contribution is -2.41. The van der Waals surface area contributed by atoms with Gasteiger partial charge in [0.1, 0.15) is 5.82 Å². The second kappa shape index (κ2) is 5.68. The summed E-state index contributed by atoms with van der Waals surface area (Å²) >= 11 is 5.67. The highest BCUT2D eigenvalue weighted by Gasteiger charge is 2.52. The largest absolute Gasteiger partial charge is 0.492 e. The van der Waals surface area contributed by atoms with Gasteiger partial charge in [-0.3, -0.25) is 4.98 Å². The van der Waals surface area contributed by atoms with Gasteiger partial charge in [0, 0.05) is 6.20 Å². The molecule has 114 valence electrons. The topological polar surface area (TPSA) is 51.6 Å². The summed E-state index contributed by atoms with van der Waals surface area (Å²) < 4.78 is 25.4. The average Bonchev–Trinajstić information content (AvgIpc) is 2.57. The van der Waals surface area contributed by atoms with Gasteiger partial charge in [-0.15, -0.1) is 0 Å². The fourth-order valence-corrected chi connectivity index (χ4v) is 2.03. The van der Waals surface area contributed by atoms with Crippen LogP contribution in [0.5, 0.6) is 0 Å². The molecule has 0 atom stereocenters. The molecule has 1 saturated heterocycles. The van der Waals surface area contributed by atoms with Gasteiger partial charge in [-0.25, -0.2) is 4.39 Å².